The van der Waals surface area contributed by atoms with Crippen LogP contribution in [-0.2, 0) is 0 Å². The monoisotopic (exact) mass is 440 g/mol. The highest BCUT2D eigenvalue weighted by molar-refractivity contribution is 5.77. The number of ether oxygens (including phenoxy) is 1. The number of nitrogens with zero attached hydrogens (tertiary/aromatic N) is 5. The fourth-order valence-corrected chi connectivity index (χ4v) is 4.65. The molecule has 0 radical (unpaired) electrons. The third-order valence-electron chi connectivity index (χ3n) is 6.42. The number of aromatic nitrogens is 4. The Kier molecular flexibility index (Phi) is 4.99. The van der Waals surface area contributed by atoms with Crippen molar-refractivity contribution in [1.82, 2.24) is 19.9 Å². The third-order valence-corrected chi connectivity index (χ3v) is 6.42. The van der Waals surface area contributed by atoms with Gasteiger partial charge in [-0.25, -0.2) is 14.1 Å². The van der Waals surface area contributed by atoms with Crippen molar-refractivity contribution in [2.45, 2.75) is 32.1 Å². The summed E-state index contributed by atoms with van der Waals surface area (Å²) in [6, 6.07) is 12.2. The van der Waals surface area contributed by atoms with E-state index in [1.807, 2.05) is 52.7 Å². The minimum atomic E-state index is 0.514. The maximum absolute atomic E-state index is 6.10. The Balaban J connectivity index is 1.26. The van der Waals surface area contributed by atoms with Crippen molar-refractivity contribution in [3.05, 3.63) is 66.2 Å². The maximum Gasteiger partial charge on any atom is 0.274 e. The highest BCUT2D eigenvalue weighted by Crippen LogP contribution is 2.34. The first-order valence-corrected chi connectivity index (χ1v) is 11.4. The van der Waals surface area contributed by atoms with Gasteiger partial charge in [0.2, 0.25) is 6.34 Å². The Morgan fingerprint density at radius 3 is 2.97 bits per heavy atom. The summed E-state index contributed by atoms with van der Waals surface area (Å²) < 4.78 is 9.99. The number of fused-ring (bicyclic) bond motifs is 2. The van der Waals surface area contributed by atoms with Crippen molar-refractivity contribution in [3.8, 4) is 11.5 Å². The van der Waals surface area contributed by atoms with Crippen LogP contribution in [0.15, 0.2) is 60.1 Å². The molecule has 1 unspecified atom stereocenters. The average molecular weight is 441 g/mol. The first-order valence-electron chi connectivity index (χ1n) is 11.4. The first-order chi connectivity index (χ1) is 16.2. The van der Waals surface area contributed by atoms with E-state index in [9.17, 15) is 0 Å². The van der Waals surface area contributed by atoms with E-state index in [1.54, 1.807) is 12.7 Å². The van der Waals surface area contributed by atoms with Gasteiger partial charge in [-0.15, -0.1) is 0 Å². The summed E-state index contributed by atoms with van der Waals surface area (Å²) in [5, 5.41) is 11.5. The molecule has 1 saturated heterocycles. The summed E-state index contributed by atoms with van der Waals surface area (Å²) in [5.41, 5.74) is 4.38. The number of hydrogen-bond acceptors (Lipinski definition) is 6. The molecular weight excluding hydrogens is 414 g/mol. The van der Waals surface area contributed by atoms with Crippen LogP contribution in [0.2, 0.25) is 0 Å². The van der Waals surface area contributed by atoms with Crippen LogP contribution < -0.4 is 19.9 Å². The van der Waals surface area contributed by atoms with E-state index in [1.165, 1.54) is 18.4 Å². The number of nitrogens with one attached hydrogen (secondary N) is 2. The second-order valence-electron chi connectivity index (χ2n) is 8.63. The number of pyridine rings is 1. The van der Waals surface area contributed by atoms with Gasteiger partial charge in [-0.2, -0.15) is 5.10 Å². The first kappa shape index (κ1) is 19.9. The van der Waals surface area contributed by atoms with E-state index in [4.69, 9.17) is 4.74 Å². The minimum absolute atomic E-state index is 0.514. The van der Waals surface area contributed by atoms with Gasteiger partial charge < -0.3 is 15.4 Å². The largest absolute Gasteiger partial charge is 0.457 e. The van der Waals surface area contributed by atoms with E-state index in [0.29, 0.717) is 5.92 Å². The summed E-state index contributed by atoms with van der Waals surface area (Å²) >= 11 is 0. The van der Waals surface area contributed by atoms with Crippen LogP contribution in [0.3, 0.4) is 0 Å². The molecule has 2 aliphatic rings. The van der Waals surface area contributed by atoms with Crippen LogP contribution >= 0.6 is 0 Å². The Morgan fingerprint density at radius 2 is 2.12 bits per heavy atom. The van der Waals surface area contributed by atoms with E-state index in [-0.39, 0.29) is 0 Å². The molecular formula is C25H26N7O+. The molecule has 0 saturated carbocycles. The lowest BCUT2D eigenvalue weighted by atomic mass is 9.93. The second kappa shape index (κ2) is 8.29. The quantitative estimate of drug-likeness (QED) is 0.400. The molecule has 2 aliphatic heterocycles. The van der Waals surface area contributed by atoms with Gasteiger partial charge in [0, 0.05) is 18.0 Å². The van der Waals surface area contributed by atoms with Crippen LogP contribution in [0.5, 0.6) is 11.5 Å². The number of hydrogen-bond donors (Lipinski definition) is 2. The average Bonchev–Trinajstić information content (AvgIpc) is 3.05. The molecule has 3 aromatic heterocycles. The summed E-state index contributed by atoms with van der Waals surface area (Å²) in [4.78, 5) is 8.81. The molecule has 2 N–H and O–H groups in total. The van der Waals surface area contributed by atoms with E-state index in [0.717, 1.165) is 59.4 Å². The molecule has 1 aromatic carbocycles. The molecule has 8 nitrogen and oxygen atoms in total. The van der Waals surface area contributed by atoms with Crippen molar-refractivity contribution >= 4 is 29.2 Å². The predicted octanol–water partition coefficient (Wildman–Crippen LogP) is 4.24. The van der Waals surface area contributed by atoms with Gasteiger partial charge in [-0.3, -0.25) is 0 Å². The molecule has 6 rings (SSSR count). The van der Waals surface area contributed by atoms with Crippen molar-refractivity contribution in [2.75, 3.05) is 18.4 Å². The number of benzene rings is 1. The lowest BCUT2D eigenvalue weighted by Gasteiger charge is -2.16. The van der Waals surface area contributed by atoms with Crippen molar-refractivity contribution in [2.24, 2.45) is 4.99 Å². The second-order valence-corrected chi connectivity index (χ2v) is 8.63. The summed E-state index contributed by atoms with van der Waals surface area (Å²) in [7, 11) is 0. The Hall–Kier alpha value is -3.78. The molecule has 166 valence electrons. The standard InChI is InChI=1S/C25H26N7O/c1-17-13-19(4-5-22(17)33-20-7-11-31-16-28-23(31)14-20)30-25-24-21(8-12-32(24)29-15-27-25)18-3-2-9-26-10-6-18/h4-5,7-8,11-16,18,26H,2-3,6,9-10H2,1H3,(H,27,29,30)/q+1. The van der Waals surface area contributed by atoms with Crippen LogP contribution in [0.25, 0.3) is 5.52 Å². The van der Waals surface area contributed by atoms with Crippen molar-refractivity contribution in [1.29, 1.82) is 0 Å². The van der Waals surface area contributed by atoms with Gasteiger partial charge >= 0.3 is 0 Å². The van der Waals surface area contributed by atoms with Gasteiger partial charge in [-0.1, -0.05) is 4.99 Å². The van der Waals surface area contributed by atoms with Crippen LogP contribution in [0.1, 0.15) is 36.3 Å². The molecule has 1 atom stereocenters. The van der Waals surface area contributed by atoms with Gasteiger partial charge in [0.1, 0.15) is 23.3 Å². The molecule has 4 aromatic rings. The molecule has 5 heterocycles. The van der Waals surface area contributed by atoms with Gasteiger partial charge in [0.15, 0.2) is 5.82 Å². The van der Waals surface area contributed by atoms with E-state index in [2.05, 4.69) is 37.8 Å². The number of anilines is 2. The SMILES string of the molecule is Cc1cc(Nc2ncnn3ccc(C4CCCNCC4)c23)ccc1Oc1cc[n+]2c(c1)N=C2. The van der Waals surface area contributed by atoms with Crippen LogP contribution in [0.4, 0.5) is 17.3 Å². The molecule has 0 amide bonds. The Morgan fingerprint density at radius 1 is 1.15 bits per heavy atom. The van der Waals surface area contributed by atoms with Gasteiger partial charge in [0.25, 0.3) is 5.82 Å². The smallest absolute Gasteiger partial charge is 0.274 e. The molecule has 1 fully saturated rings. The highest BCUT2D eigenvalue weighted by atomic mass is 16.5. The Labute approximate surface area is 192 Å². The summed E-state index contributed by atoms with van der Waals surface area (Å²) in [5.74, 6) is 3.82. The van der Waals surface area contributed by atoms with E-state index >= 15 is 0 Å². The van der Waals surface area contributed by atoms with E-state index < -0.39 is 0 Å². The van der Waals surface area contributed by atoms with Gasteiger partial charge in [0.05, 0.1) is 12.3 Å². The van der Waals surface area contributed by atoms with Crippen molar-refractivity contribution < 1.29 is 9.30 Å². The fraction of sp³-hybridized carbons (Fsp3) is 0.280. The fourth-order valence-electron chi connectivity index (χ4n) is 4.65. The maximum atomic E-state index is 6.10. The normalized spacial score (nSPS) is 17.3. The summed E-state index contributed by atoms with van der Waals surface area (Å²) in [6.45, 7) is 4.19. The third kappa shape index (κ3) is 3.82. The van der Waals surface area contributed by atoms with Crippen LogP contribution in [0, 0.1) is 6.92 Å². The molecule has 0 spiro atoms. The number of rotatable bonds is 5. The topological polar surface area (TPSA) is 79.7 Å². The van der Waals surface area contributed by atoms with Crippen molar-refractivity contribution in [3.63, 3.8) is 0 Å². The predicted molar refractivity (Wildman–Crippen MR) is 127 cm³/mol. The molecule has 33 heavy (non-hydrogen) atoms. The lowest BCUT2D eigenvalue weighted by molar-refractivity contribution is -0.547. The zero-order chi connectivity index (χ0) is 22.2. The minimum Gasteiger partial charge on any atom is -0.457 e. The Bertz CT molecular complexity index is 1350. The number of aliphatic imine (C=N–C) groups is 1. The van der Waals surface area contributed by atoms with Gasteiger partial charge in [-0.05, 0) is 80.6 Å². The summed E-state index contributed by atoms with van der Waals surface area (Å²) in [6.07, 6.45) is 10.9. The number of aryl methyl sites for hydroxylation is 1. The lowest BCUT2D eigenvalue weighted by Crippen LogP contribution is -2.39. The van der Waals surface area contributed by atoms with Crippen LogP contribution in [-0.4, -0.2) is 34.0 Å². The molecule has 0 aliphatic carbocycles. The highest BCUT2D eigenvalue weighted by Gasteiger charge is 2.20. The molecule has 8 heteroatoms. The zero-order valence-electron chi connectivity index (χ0n) is 18.5. The molecule has 0 bridgehead atoms. The zero-order valence-corrected chi connectivity index (χ0v) is 18.5.